The van der Waals surface area contributed by atoms with E-state index in [9.17, 15) is 9.59 Å². The fraction of sp³-hybridized carbons (Fsp3) is 0.269. The van der Waals surface area contributed by atoms with E-state index in [0.29, 0.717) is 17.9 Å². The maximum atomic E-state index is 12.4. The first kappa shape index (κ1) is 24.6. The average Bonchev–Trinajstić information content (AvgIpc) is 3.48. The number of carbonyl (C=O) groups excluding carboxylic acids is 1. The van der Waals surface area contributed by atoms with Crippen LogP contribution in [0.15, 0.2) is 71.6 Å². The number of imidazole rings is 1. The lowest BCUT2D eigenvalue weighted by Crippen LogP contribution is -2.36. The molecule has 4 aromatic rings. The van der Waals surface area contributed by atoms with E-state index in [1.165, 1.54) is 12.5 Å². The van der Waals surface area contributed by atoms with Gasteiger partial charge in [0.2, 0.25) is 5.89 Å². The summed E-state index contributed by atoms with van der Waals surface area (Å²) in [6.07, 6.45) is 1.28. The predicted octanol–water partition coefficient (Wildman–Crippen LogP) is 4.86. The molecule has 10 heteroatoms. The van der Waals surface area contributed by atoms with Gasteiger partial charge in [-0.3, -0.25) is 0 Å². The molecule has 36 heavy (non-hydrogen) atoms. The normalized spacial score (nSPS) is 12.2. The fourth-order valence-corrected chi connectivity index (χ4v) is 3.54. The third-order valence-electron chi connectivity index (χ3n) is 5.17. The highest BCUT2D eigenvalue weighted by atomic mass is 16.6. The Hall–Kier alpha value is -4.47. The lowest BCUT2D eigenvalue weighted by molar-refractivity contribution is 0.0493. The van der Waals surface area contributed by atoms with E-state index < -0.39 is 23.8 Å². The van der Waals surface area contributed by atoms with Crippen LogP contribution in [0.2, 0.25) is 0 Å². The van der Waals surface area contributed by atoms with E-state index in [-0.39, 0.29) is 12.3 Å². The van der Waals surface area contributed by atoms with Crippen molar-refractivity contribution < 1.29 is 24.0 Å². The number of benzene rings is 2. The second kappa shape index (κ2) is 10.4. The van der Waals surface area contributed by atoms with Crippen molar-refractivity contribution >= 4 is 12.2 Å². The smallest absolute Gasteiger partial charge is 0.416 e. The molecule has 2 aromatic carbocycles. The van der Waals surface area contributed by atoms with Crippen LogP contribution in [0.4, 0.5) is 9.59 Å². The van der Waals surface area contributed by atoms with Crippen LogP contribution in [-0.2, 0) is 17.6 Å². The largest absolute Gasteiger partial charge is 0.464 e. The molecule has 10 nitrogen and oxygen atoms in total. The van der Waals surface area contributed by atoms with Gasteiger partial charge in [0.1, 0.15) is 18.0 Å². The number of hydrogen-bond donors (Lipinski definition) is 2. The molecule has 4 rings (SSSR count). The molecule has 0 aliphatic carbocycles. The van der Waals surface area contributed by atoms with Crippen molar-refractivity contribution in [1.82, 2.24) is 25.0 Å². The Balaban J connectivity index is 1.50. The molecule has 2 N–H and O–H groups in total. The highest BCUT2D eigenvalue weighted by molar-refractivity contribution is 5.68. The quantitative estimate of drug-likeness (QED) is 0.376. The summed E-state index contributed by atoms with van der Waals surface area (Å²) in [5.41, 5.74) is 2.96. The number of carbonyl (C=O) groups is 2. The predicted molar refractivity (Wildman–Crippen MR) is 130 cm³/mol. The van der Waals surface area contributed by atoms with Gasteiger partial charge in [-0.1, -0.05) is 59.8 Å². The van der Waals surface area contributed by atoms with Crippen molar-refractivity contribution in [2.45, 2.75) is 45.3 Å². The molecule has 0 fully saturated rings. The minimum atomic E-state index is -1.16. The van der Waals surface area contributed by atoms with Crippen LogP contribution >= 0.6 is 0 Å². The molecule has 0 saturated heterocycles. The topological polar surface area (TPSA) is 132 Å². The van der Waals surface area contributed by atoms with E-state index in [4.69, 9.17) is 14.4 Å². The number of rotatable bonds is 7. The van der Waals surface area contributed by atoms with Crippen LogP contribution in [-0.4, -0.2) is 42.6 Å². The van der Waals surface area contributed by atoms with Gasteiger partial charge in [0, 0.05) is 19.0 Å². The maximum Gasteiger partial charge on any atom is 0.416 e. The highest BCUT2D eigenvalue weighted by Gasteiger charge is 2.26. The van der Waals surface area contributed by atoms with Crippen molar-refractivity contribution in [1.29, 1.82) is 0 Å². The first-order chi connectivity index (χ1) is 17.2. The van der Waals surface area contributed by atoms with E-state index in [1.54, 1.807) is 20.8 Å². The molecular weight excluding hydrogens is 462 g/mol. The molecule has 186 valence electrons. The van der Waals surface area contributed by atoms with Crippen LogP contribution in [0, 0.1) is 0 Å². The molecule has 1 atom stereocenters. The monoisotopic (exact) mass is 489 g/mol. The number of nitrogens with zero attached hydrogens (tertiary/aromatic N) is 4. The number of alkyl carbamates (subject to hydrolysis) is 1. The summed E-state index contributed by atoms with van der Waals surface area (Å²) in [4.78, 5) is 32.2. The zero-order chi connectivity index (χ0) is 25.7. The zero-order valence-corrected chi connectivity index (χ0v) is 20.2. The van der Waals surface area contributed by atoms with Crippen molar-refractivity contribution in [3.05, 3.63) is 90.1 Å². The summed E-state index contributed by atoms with van der Waals surface area (Å²) in [5, 5.41) is 15.9. The van der Waals surface area contributed by atoms with Gasteiger partial charge in [0.25, 0.3) is 0 Å². The summed E-state index contributed by atoms with van der Waals surface area (Å²) in [7, 11) is 0. The number of hydrogen-bond acceptors (Lipinski definition) is 7. The minimum Gasteiger partial charge on any atom is -0.464 e. The Morgan fingerprint density at radius 3 is 2.42 bits per heavy atom. The van der Waals surface area contributed by atoms with Crippen LogP contribution in [0.5, 0.6) is 0 Å². The first-order valence-corrected chi connectivity index (χ1v) is 11.4. The molecule has 0 saturated carbocycles. The minimum absolute atomic E-state index is 0.132. The summed E-state index contributed by atoms with van der Waals surface area (Å²) < 4.78 is 11.8. The Labute approximate surface area is 207 Å². The Morgan fingerprint density at radius 2 is 1.78 bits per heavy atom. The Morgan fingerprint density at radius 1 is 1.08 bits per heavy atom. The number of ether oxygens (including phenoxy) is 1. The molecule has 0 spiro atoms. The number of nitrogens with one attached hydrogen (secondary N) is 1. The third kappa shape index (κ3) is 6.56. The number of carboxylic acid groups (broad SMARTS) is 1. The van der Waals surface area contributed by atoms with Crippen LogP contribution < -0.4 is 5.32 Å². The van der Waals surface area contributed by atoms with E-state index >= 15 is 0 Å². The molecular formula is C26H27N5O5. The van der Waals surface area contributed by atoms with Crippen LogP contribution in [0.1, 0.15) is 49.8 Å². The molecule has 0 unspecified atom stereocenters. The summed E-state index contributed by atoms with van der Waals surface area (Å²) in [5.74, 6) is 0.617. The molecule has 0 aliphatic rings. The molecule has 0 bridgehead atoms. The lowest BCUT2D eigenvalue weighted by atomic mass is 10.0. The lowest BCUT2D eigenvalue weighted by Gasteiger charge is -2.21. The van der Waals surface area contributed by atoms with Gasteiger partial charge in [-0.25, -0.2) is 19.1 Å². The summed E-state index contributed by atoms with van der Waals surface area (Å²) in [6, 6.07) is 17.4. The van der Waals surface area contributed by atoms with Gasteiger partial charge < -0.3 is 19.7 Å². The fourth-order valence-electron chi connectivity index (χ4n) is 3.54. The van der Waals surface area contributed by atoms with Crippen molar-refractivity contribution in [3.63, 3.8) is 0 Å². The molecule has 2 heterocycles. The maximum absolute atomic E-state index is 12.4. The molecule has 1 amide bonds. The first-order valence-electron chi connectivity index (χ1n) is 11.4. The molecule has 2 aromatic heterocycles. The zero-order valence-electron chi connectivity index (χ0n) is 20.2. The Kier molecular flexibility index (Phi) is 7.14. The van der Waals surface area contributed by atoms with Crippen molar-refractivity contribution in [2.24, 2.45) is 0 Å². The second-order valence-electron chi connectivity index (χ2n) is 9.25. The summed E-state index contributed by atoms with van der Waals surface area (Å²) >= 11 is 0. The van der Waals surface area contributed by atoms with Gasteiger partial charge in [-0.15, -0.1) is 0 Å². The third-order valence-corrected chi connectivity index (χ3v) is 5.17. The van der Waals surface area contributed by atoms with Crippen LogP contribution in [0.25, 0.3) is 11.1 Å². The number of amides is 1. The molecule has 0 aliphatic heterocycles. The second-order valence-corrected chi connectivity index (χ2v) is 9.25. The van der Waals surface area contributed by atoms with E-state index in [2.05, 4.69) is 32.6 Å². The van der Waals surface area contributed by atoms with Crippen molar-refractivity contribution in [2.75, 3.05) is 0 Å². The van der Waals surface area contributed by atoms with E-state index in [1.807, 2.05) is 42.5 Å². The van der Waals surface area contributed by atoms with Gasteiger partial charge in [-0.05, 0) is 37.5 Å². The highest BCUT2D eigenvalue weighted by Crippen LogP contribution is 2.22. The molecule has 0 radical (unpaired) electrons. The van der Waals surface area contributed by atoms with Gasteiger partial charge in [0.05, 0.1) is 5.69 Å². The van der Waals surface area contributed by atoms with Crippen LogP contribution in [0.3, 0.4) is 0 Å². The SMILES string of the molecule is CC(C)(C)OC(=O)N[C@@H](Cc1cn(C(=O)O)cn1)c1nc(Cc2ccc(-c3ccccc3)cc2)no1. The Bertz CT molecular complexity index is 1320. The number of aromatic nitrogens is 4. The van der Waals surface area contributed by atoms with Gasteiger partial charge in [0.15, 0.2) is 5.82 Å². The van der Waals surface area contributed by atoms with Crippen molar-refractivity contribution in [3.8, 4) is 11.1 Å². The average molecular weight is 490 g/mol. The van der Waals surface area contributed by atoms with E-state index in [0.717, 1.165) is 21.3 Å². The standard InChI is InChI=1S/C26H27N5O5/c1-26(2,3)35-24(32)28-21(14-20-15-31(16-27-20)25(33)34)23-29-22(30-36-23)13-17-9-11-19(12-10-17)18-7-5-4-6-8-18/h4-12,15-16,21H,13-14H2,1-3H3,(H,28,32)(H,33,34)/t21-/m0/s1. The summed E-state index contributed by atoms with van der Waals surface area (Å²) in [6.45, 7) is 5.26. The van der Waals surface area contributed by atoms with Gasteiger partial charge in [-0.2, -0.15) is 4.98 Å². The van der Waals surface area contributed by atoms with Gasteiger partial charge >= 0.3 is 12.2 Å².